The molecule has 0 aromatic heterocycles. The van der Waals surface area contributed by atoms with Crippen molar-refractivity contribution in [2.45, 2.75) is 38.8 Å². The van der Waals surface area contributed by atoms with Crippen LogP contribution in [0.15, 0.2) is 42.5 Å². The molecule has 0 saturated carbocycles. The average Bonchev–Trinajstić information content (AvgIpc) is 2.73. The highest BCUT2D eigenvalue weighted by Gasteiger charge is 2.24. The van der Waals surface area contributed by atoms with Gasteiger partial charge < -0.3 is 25.4 Å². The highest BCUT2D eigenvalue weighted by atomic mass is 35.5. The number of ether oxygens (including phenoxy) is 2. The molecular formula is C24H33ClN4O3. The van der Waals surface area contributed by atoms with Crippen LogP contribution in [-0.4, -0.2) is 49.6 Å². The monoisotopic (exact) mass is 460 g/mol. The number of aryl methyl sites for hydroxylation is 1. The molecule has 7 nitrogen and oxygen atoms in total. The van der Waals surface area contributed by atoms with E-state index in [-0.39, 0.29) is 30.3 Å². The van der Waals surface area contributed by atoms with Gasteiger partial charge in [0, 0.05) is 24.3 Å². The maximum atomic E-state index is 12.8. The van der Waals surface area contributed by atoms with Gasteiger partial charge >= 0.3 is 5.97 Å². The number of piperidine rings is 1. The largest absolute Gasteiger partial charge is 0.490 e. The zero-order valence-electron chi connectivity index (χ0n) is 18.9. The third-order valence-electron chi connectivity index (χ3n) is 5.40. The Bertz CT molecular complexity index is 912. The molecule has 0 bridgehead atoms. The predicted octanol–water partition coefficient (Wildman–Crippen LogP) is 3.89. The van der Waals surface area contributed by atoms with Gasteiger partial charge in [-0.15, -0.1) is 12.4 Å². The number of benzene rings is 2. The van der Waals surface area contributed by atoms with Gasteiger partial charge in [0.1, 0.15) is 17.7 Å². The van der Waals surface area contributed by atoms with Crippen LogP contribution in [0.25, 0.3) is 0 Å². The number of amidine groups is 1. The second kappa shape index (κ2) is 11.7. The van der Waals surface area contributed by atoms with Crippen LogP contribution in [0, 0.1) is 12.3 Å². The number of esters is 1. The minimum atomic E-state index is -0.678. The maximum absolute atomic E-state index is 12.8. The number of hydrogen-bond donors (Lipinski definition) is 3. The Morgan fingerprint density at radius 3 is 2.47 bits per heavy atom. The number of nitrogens with zero attached hydrogens (tertiary/aromatic N) is 1. The van der Waals surface area contributed by atoms with Crippen molar-refractivity contribution in [2.75, 3.05) is 32.1 Å². The van der Waals surface area contributed by atoms with E-state index in [9.17, 15) is 4.79 Å². The SMILES string of the molecule is CCOC(=O)C(Nc1ccc(C(=N)N)cc1)c1cc(C)cc(OC2CCN(C)CC2)c1.Cl. The van der Waals surface area contributed by atoms with E-state index in [1.807, 2.05) is 25.1 Å². The second-order valence-corrected chi connectivity index (χ2v) is 8.02. The van der Waals surface area contributed by atoms with Crippen LogP contribution in [-0.2, 0) is 9.53 Å². The Morgan fingerprint density at radius 1 is 1.22 bits per heavy atom. The van der Waals surface area contributed by atoms with E-state index in [2.05, 4.69) is 17.3 Å². The summed E-state index contributed by atoms with van der Waals surface area (Å²) in [7, 11) is 2.12. The molecule has 0 aliphatic carbocycles. The summed E-state index contributed by atoms with van der Waals surface area (Å²) in [5.41, 5.74) is 8.71. The molecule has 1 fully saturated rings. The lowest BCUT2D eigenvalue weighted by Gasteiger charge is -2.29. The number of likely N-dealkylation sites (tertiary alicyclic amines) is 1. The van der Waals surface area contributed by atoms with Crippen LogP contribution in [0.2, 0.25) is 0 Å². The van der Waals surface area contributed by atoms with Crippen molar-refractivity contribution in [3.8, 4) is 5.75 Å². The summed E-state index contributed by atoms with van der Waals surface area (Å²) in [6, 6.07) is 12.3. The summed E-state index contributed by atoms with van der Waals surface area (Å²) in [5.74, 6) is 0.421. The molecule has 1 saturated heterocycles. The molecule has 1 unspecified atom stereocenters. The van der Waals surface area contributed by atoms with E-state index in [1.54, 1.807) is 31.2 Å². The van der Waals surface area contributed by atoms with Crippen molar-refractivity contribution < 1.29 is 14.3 Å². The number of carbonyl (C=O) groups is 1. The lowest BCUT2D eigenvalue weighted by atomic mass is 10.0. The van der Waals surface area contributed by atoms with E-state index in [1.165, 1.54) is 0 Å². The maximum Gasteiger partial charge on any atom is 0.333 e. The first-order valence-corrected chi connectivity index (χ1v) is 10.7. The highest BCUT2D eigenvalue weighted by Crippen LogP contribution is 2.28. The molecular weight excluding hydrogens is 428 g/mol. The van der Waals surface area contributed by atoms with Gasteiger partial charge in [0.15, 0.2) is 6.04 Å². The third kappa shape index (κ3) is 6.87. The summed E-state index contributed by atoms with van der Waals surface area (Å²) in [5, 5.41) is 10.8. The van der Waals surface area contributed by atoms with Crippen molar-refractivity contribution in [3.63, 3.8) is 0 Å². The molecule has 2 aromatic carbocycles. The fraction of sp³-hybridized carbons (Fsp3) is 0.417. The number of anilines is 1. The number of hydrogen-bond acceptors (Lipinski definition) is 6. The summed E-state index contributed by atoms with van der Waals surface area (Å²) >= 11 is 0. The van der Waals surface area contributed by atoms with E-state index in [0.717, 1.165) is 48.5 Å². The number of carbonyl (C=O) groups excluding carboxylic acids is 1. The van der Waals surface area contributed by atoms with Crippen molar-refractivity contribution in [1.29, 1.82) is 5.41 Å². The van der Waals surface area contributed by atoms with Crippen molar-refractivity contribution in [3.05, 3.63) is 59.2 Å². The number of halogens is 1. The van der Waals surface area contributed by atoms with Gasteiger partial charge in [-0.05, 0) is 81.3 Å². The molecule has 0 amide bonds. The molecule has 1 heterocycles. The average molecular weight is 461 g/mol. The number of nitrogens with one attached hydrogen (secondary N) is 2. The van der Waals surface area contributed by atoms with Crippen molar-refractivity contribution in [2.24, 2.45) is 5.73 Å². The fourth-order valence-electron chi connectivity index (χ4n) is 3.72. The highest BCUT2D eigenvalue weighted by molar-refractivity contribution is 5.95. The van der Waals surface area contributed by atoms with Gasteiger partial charge in [-0.3, -0.25) is 5.41 Å². The van der Waals surface area contributed by atoms with Crippen LogP contribution in [0.5, 0.6) is 5.75 Å². The zero-order chi connectivity index (χ0) is 22.4. The van der Waals surface area contributed by atoms with Gasteiger partial charge in [0.05, 0.1) is 6.61 Å². The first kappa shape index (κ1) is 25.5. The van der Waals surface area contributed by atoms with E-state index < -0.39 is 6.04 Å². The fourth-order valence-corrected chi connectivity index (χ4v) is 3.72. The molecule has 0 spiro atoms. The Morgan fingerprint density at radius 2 is 1.88 bits per heavy atom. The van der Waals surface area contributed by atoms with Crippen molar-refractivity contribution in [1.82, 2.24) is 4.90 Å². The van der Waals surface area contributed by atoms with Crippen molar-refractivity contribution >= 4 is 29.9 Å². The molecule has 1 aliphatic rings. The van der Waals surface area contributed by atoms with Gasteiger partial charge in [0.25, 0.3) is 0 Å². The first-order valence-electron chi connectivity index (χ1n) is 10.7. The quantitative estimate of drug-likeness (QED) is 0.314. The van der Waals surface area contributed by atoms with Crippen LogP contribution >= 0.6 is 12.4 Å². The molecule has 0 radical (unpaired) electrons. The summed E-state index contributed by atoms with van der Waals surface area (Å²) < 4.78 is 11.6. The summed E-state index contributed by atoms with van der Waals surface area (Å²) in [6.45, 7) is 6.13. The number of nitrogens with two attached hydrogens (primary N) is 1. The Balaban J connectivity index is 0.00000363. The Kier molecular flexibility index (Phi) is 9.35. The standard InChI is InChI=1S/C24H32N4O3.ClH/c1-4-30-24(29)22(27-19-7-5-17(6-8-19)23(25)26)18-13-16(2)14-21(15-18)31-20-9-11-28(3)12-10-20;/h5-8,13-15,20,22,27H,4,9-12H2,1-3H3,(H3,25,26);1H. The smallest absolute Gasteiger partial charge is 0.333 e. The first-order chi connectivity index (χ1) is 14.9. The molecule has 174 valence electrons. The van der Waals surface area contributed by atoms with E-state index >= 15 is 0 Å². The van der Waals surface area contributed by atoms with E-state index in [0.29, 0.717) is 12.2 Å². The summed E-state index contributed by atoms with van der Waals surface area (Å²) in [4.78, 5) is 15.1. The molecule has 8 heteroatoms. The zero-order valence-corrected chi connectivity index (χ0v) is 19.7. The molecule has 3 rings (SSSR count). The summed E-state index contributed by atoms with van der Waals surface area (Å²) in [6.07, 6.45) is 2.16. The van der Waals surface area contributed by atoms with Crippen LogP contribution in [0.4, 0.5) is 5.69 Å². The number of rotatable bonds is 8. The van der Waals surface area contributed by atoms with Crippen LogP contribution in [0.3, 0.4) is 0 Å². The molecule has 2 aromatic rings. The lowest BCUT2D eigenvalue weighted by Crippen LogP contribution is -2.35. The van der Waals surface area contributed by atoms with Crippen LogP contribution < -0.4 is 15.8 Å². The molecule has 4 N–H and O–H groups in total. The topological polar surface area (TPSA) is 101 Å². The van der Waals surface area contributed by atoms with Gasteiger partial charge in [-0.1, -0.05) is 6.07 Å². The normalized spacial score (nSPS) is 15.3. The predicted molar refractivity (Wildman–Crippen MR) is 130 cm³/mol. The minimum absolute atomic E-state index is 0. The van der Waals surface area contributed by atoms with Crippen LogP contribution in [0.1, 0.15) is 42.5 Å². The van der Waals surface area contributed by atoms with Gasteiger partial charge in [0.2, 0.25) is 0 Å². The second-order valence-electron chi connectivity index (χ2n) is 8.02. The minimum Gasteiger partial charge on any atom is -0.490 e. The molecule has 32 heavy (non-hydrogen) atoms. The lowest BCUT2D eigenvalue weighted by molar-refractivity contribution is -0.144. The van der Waals surface area contributed by atoms with Gasteiger partial charge in [-0.25, -0.2) is 4.79 Å². The Labute approximate surface area is 196 Å². The van der Waals surface area contributed by atoms with Gasteiger partial charge in [-0.2, -0.15) is 0 Å². The molecule has 1 aliphatic heterocycles. The number of nitrogen functional groups attached to an aromatic ring is 1. The molecule has 1 atom stereocenters. The van der Waals surface area contributed by atoms with E-state index in [4.69, 9.17) is 20.6 Å². The third-order valence-corrected chi connectivity index (χ3v) is 5.40. The Hall–Kier alpha value is -2.77.